The standard InChI is InChI=1S/C22H20FN5O4S/c23-16-9-11-17(12-10-16)33(31,32)26-19-7-2-1-6-18(19)21(29)24-13-5-15-28-22(30)27-14-4-3-8-20(27)25-28/h1-4,6-12,14,26H,5,13,15H2,(H,24,29). The number of hydrogen-bond acceptors (Lipinski definition) is 5. The summed E-state index contributed by atoms with van der Waals surface area (Å²) in [5.74, 6) is -1.03. The van der Waals surface area contributed by atoms with Crippen LogP contribution in [0.4, 0.5) is 10.1 Å². The summed E-state index contributed by atoms with van der Waals surface area (Å²) in [6.45, 7) is 0.553. The van der Waals surface area contributed by atoms with Gasteiger partial charge in [-0.2, -0.15) is 0 Å². The van der Waals surface area contributed by atoms with Crippen LogP contribution in [-0.4, -0.2) is 35.1 Å². The molecule has 0 fully saturated rings. The zero-order valence-electron chi connectivity index (χ0n) is 17.3. The molecular weight excluding hydrogens is 449 g/mol. The number of hydrogen-bond donors (Lipinski definition) is 2. The second kappa shape index (κ2) is 9.25. The molecule has 0 saturated heterocycles. The van der Waals surface area contributed by atoms with E-state index < -0.39 is 21.7 Å². The highest BCUT2D eigenvalue weighted by Gasteiger charge is 2.18. The predicted octanol–water partition coefficient (Wildman–Crippen LogP) is 2.26. The lowest BCUT2D eigenvalue weighted by molar-refractivity contribution is 0.0953. The third-order valence-corrected chi connectivity index (χ3v) is 6.24. The maximum absolute atomic E-state index is 13.1. The topological polar surface area (TPSA) is 115 Å². The largest absolute Gasteiger partial charge is 0.352 e. The Hall–Kier alpha value is -3.99. The first-order chi connectivity index (χ1) is 15.8. The molecule has 170 valence electrons. The number of aromatic nitrogens is 3. The average Bonchev–Trinajstić information content (AvgIpc) is 3.12. The third-order valence-electron chi connectivity index (χ3n) is 4.86. The van der Waals surface area contributed by atoms with Crippen molar-refractivity contribution in [1.82, 2.24) is 19.5 Å². The van der Waals surface area contributed by atoms with E-state index in [1.54, 1.807) is 36.5 Å². The van der Waals surface area contributed by atoms with E-state index in [4.69, 9.17) is 0 Å². The van der Waals surface area contributed by atoms with Crippen LogP contribution in [0.25, 0.3) is 5.65 Å². The molecule has 2 heterocycles. The average molecular weight is 469 g/mol. The summed E-state index contributed by atoms with van der Waals surface area (Å²) in [4.78, 5) is 24.8. The van der Waals surface area contributed by atoms with Crippen molar-refractivity contribution in [2.75, 3.05) is 11.3 Å². The van der Waals surface area contributed by atoms with Crippen LogP contribution in [0.1, 0.15) is 16.8 Å². The van der Waals surface area contributed by atoms with Gasteiger partial charge in [-0.1, -0.05) is 18.2 Å². The maximum atomic E-state index is 13.1. The van der Waals surface area contributed by atoms with E-state index >= 15 is 0 Å². The summed E-state index contributed by atoms with van der Waals surface area (Å²) >= 11 is 0. The van der Waals surface area contributed by atoms with E-state index in [1.807, 2.05) is 0 Å². The summed E-state index contributed by atoms with van der Waals surface area (Å²) in [7, 11) is -4.01. The minimum atomic E-state index is -4.01. The summed E-state index contributed by atoms with van der Waals surface area (Å²) in [5.41, 5.74) is 0.496. The van der Waals surface area contributed by atoms with Crippen molar-refractivity contribution >= 4 is 27.3 Å². The number of amides is 1. The number of para-hydroxylation sites is 1. The number of aryl methyl sites for hydroxylation is 1. The number of nitrogens with zero attached hydrogens (tertiary/aromatic N) is 3. The number of fused-ring (bicyclic) bond motifs is 1. The molecule has 0 bridgehead atoms. The van der Waals surface area contributed by atoms with Crippen LogP contribution in [-0.2, 0) is 16.6 Å². The third kappa shape index (κ3) is 4.93. The quantitative estimate of drug-likeness (QED) is 0.384. The number of carbonyl (C=O) groups is 1. The number of benzene rings is 2. The molecule has 0 aliphatic heterocycles. The first-order valence-electron chi connectivity index (χ1n) is 10.0. The van der Waals surface area contributed by atoms with Gasteiger partial charge in [-0.25, -0.2) is 22.3 Å². The van der Waals surface area contributed by atoms with E-state index in [-0.39, 0.29) is 28.4 Å². The van der Waals surface area contributed by atoms with Gasteiger partial charge in [-0.3, -0.25) is 13.9 Å². The Kier molecular flexibility index (Phi) is 6.22. The molecule has 0 aliphatic carbocycles. The molecule has 9 nitrogen and oxygen atoms in total. The van der Waals surface area contributed by atoms with E-state index in [2.05, 4.69) is 15.1 Å². The Morgan fingerprint density at radius 3 is 2.48 bits per heavy atom. The zero-order chi connectivity index (χ0) is 23.4. The Morgan fingerprint density at radius 2 is 1.73 bits per heavy atom. The lowest BCUT2D eigenvalue weighted by Gasteiger charge is -2.13. The molecule has 33 heavy (non-hydrogen) atoms. The number of halogens is 1. The molecule has 4 rings (SSSR count). The fraction of sp³-hybridized carbons (Fsp3) is 0.136. The van der Waals surface area contributed by atoms with Crippen molar-refractivity contribution in [2.24, 2.45) is 0 Å². The van der Waals surface area contributed by atoms with E-state index in [1.165, 1.54) is 21.2 Å². The Labute approximate surface area is 188 Å². The molecule has 0 atom stereocenters. The first kappa shape index (κ1) is 22.2. The molecule has 0 unspecified atom stereocenters. The minimum Gasteiger partial charge on any atom is -0.352 e. The second-order valence-electron chi connectivity index (χ2n) is 7.15. The predicted molar refractivity (Wildman–Crippen MR) is 120 cm³/mol. The van der Waals surface area contributed by atoms with Crippen LogP contribution in [0.15, 0.2) is 82.6 Å². The zero-order valence-corrected chi connectivity index (χ0v) is 18.1. The highest BCUT2D eigenvalue weighted by atomic mass is 32.2. The fourth-order valence-electron chi connectivity index (χ4n) is 3.23. The van der Waals surface area contributed by atoms with Gasteiger partial charge in [0.25, 0.3) is 15.9 Å². The van der Waals surface area contributed by atoms with Gasteiger partial charge in [0.15, 0.2) is 5.65 Å². The fourth-order valence-corrected chi connectivity index (χ4v) is 4.31. The summed E-state index contributed by atoms with van der Waals surface area (Å²) in [5, 5.41) is 6.95. The maximum Gasteiger partial charge on any atom is 0.350 e. The Bertz CT molecular complexity index is 1460. The van der Waals surface area contributed by atoms with E-state index in [9.17, 15) is 22.4 Å². The Morgan fingerprint density at radius 1 is 1.00 bits per heavy atom. The van der Waals surface area contributed by atoms with Crippen LogP contribution in [0.5, 0.6) is 0 Å². The monoisotopic (exact) mass is 469 g/mol. The Balaban J connectivity index is 1.40. The van der Waals surface area contributed by atoms with E-state index in [0.717, 1.165) is 24.3 Å². The number of anilines is 1. The van der Waals surface area contributed by atoms with E-state index in [0.29, 0.717) is 18.6 Å². The van der Waals surface area contributed by atoms with Gasteiger partial charge < -0.3 is 5.32 Å². The van der Waals surface area contributed by atoms with Crippen LogP contribution >= 0.6 is 0 Å². The van der Waals surface area contributed by atoms with Crippen LogP contribution in [0, 0.1) is 5.82 Å². The van der Waals surface area contributed by atoms with Crippen LogP contribution in [0.2, 0.25) is 0 Å². The lowest BCUT2D eigenvalue weighted by Crippen LogP contribution is -2.28. The van der Waals surface area contributed by atoms with Crippen molar-refractivity contribution in [3.8, 4) is 0 Å². The number of pyridine rings is 1. The molecule has 0 aliphatic rings. The molecule has 11 heteroatoms. The molecule has 0 radical (unpaired) electrons. The number of rotatable bonds is 8. The molecule has 2 N–H and O–H groups in total. The van der Waals surface area contributed by atoms with Crippen molar-refractivity contribution < 1.29 is 17.6 Å². The van der Waals surface area contributed by atoms with Crippen molar-refractivity contribution in [2.45, 2.75) is 17.9 Å². The number of carbonyl (C=O) groups excluding carboxylic acids is 1. The molecule has 4 aromatic rings. The van der Waals surface area contributed by atoms with Gasteiger partial charge in [0.2, 0.25) is 0 Å². The van der Waals surface area contributed by atoms with Gasteiger partial charge in [0, 0.05) is 19.3 Å². The number of sulfonamides is 1. The van der Waals surface area contributed by atoms with Crippen molar-refractivity contribution in [3.63, 3.8) is 0 Å². The molecule has 0 spiro atoms. The van der Waals surface area contributed by atoms with Crippen molar-refractivity contribution in [1.29, 1.82) is 0 Å². The highest BCUT2D eigenvalue weighted by molar-refractivity contribution is 7.92. The SMILES string of the molecule is O=C(NCCCn1nc2ccccn2c1=O)c1ccccc1NS(=O)(=O)c1ccc(F)cc1. The highest BCUT2D eigenvalue weighted by Crippen LogP contribution is 2.20. The van der Waals surface area contributed by atoms with Gasteiger partial charge in [0.05, 0.1) is 16.1 Å². The normalized spacial score (nSPS) is 11.4. The number of nitrogens with one attached hydrogen (secondary N) is 2. The summed E-state index contributed by atoms with van der Waals surface area (Å²) < 4.78 is 43.5. The van der Waals surface area contributed by atoms with Gasteiger partial charge in [-0.05, 0) is 55.0 Å². The lowest BCUT2D eigenvalue weighted by atomic mass is 10.1. The van der Waals surface area contributed by atoms with Crippen LogP contribution < -0.4 is 15.7 Å². The second-order valence-corrected chi connectivity index (χ2v) is 8.83. The first-order valence-corrected chi connectivity index (χ1v) is 11.5. The minimum absolute atomic E-state index is 0.0934. The van der Waals surface area contributed by atoms with Crippen LogP contribution in [0.3, 0.4) is 0 Å². The van der Waals surface area contributed by atoms with Gasteiger partial charge >= 0.3 is 5.69 Å². The molecule has 2 aromatic heterocycles. The van der Waals surface area contributed by atoms with Gasteiger partial charge in [0.1, 0.15) is 5.82 Å². The smallest absolute Gasteiger partial charge is 0.350 e. The summed E-state index contributed by atoms with van der Waals surface area (Å²) in [6, 6.07) is 15.8. The van der Waals surface area contributed by atoms with Crippen molar-refractivity contribution in [3.05, 3.63) is 94.8 Å². The molecule has 1 amide bonds. The molecule has 0 saturated carbocycles. The molecular formula is C22H20FN5O4S. The van der Waals surface area contributed by atoms with Gasteiger partial charge in [-0.15, -0.1) is 5.10 Å². The summed E-state index contributed by atoms with van der Waals surface area (Å²) in [6.07, 6.45) is 2.08. The molecule has 2 aromatic carbocycles.